The van der Waals surface area contributed by atoms with Crippen LogP contribution >= 0.6 is 22.6 Å². The number of amides is 1. The summed E-state index contributed by atoms with van der Waals surface area (Å²) in [4.78, 5) is 39.7. The van der Waals surface area contributed by atoms with Crippen LogP contribution < -0.4 is 22.2 Å². The zero-order valence-electron chi connectivity index (χ0n) is 14.1. The van der Waals surface area contributed by atoms with Gasteiger partial charge in [-0.1, -0.05) is 18.2 Å². The molecule has 5 rings (SSSR count). The minimum Gasteiger partial charge on any atom is -0.383 e. The second-order valence-corrected chi connectivity index (χ2v) is 7.75. The molecule has 0 saturated carbocycles. The van der Waals surface area contributed by atoms with E-state index in [0.717, 1.165) is 12.9 Å². The lowest BCUT2D eigenvalue weighted by atomic mass is 9.84. The van der Waals surface area contributed by atoms with Gasteiger partial charge in [0.05, 0.1) is 10.8 Å². The summed E-state index contributed by atoms with van der Waals surface area (Å²) in [7, 11) is 0. The first-order valence-corrected chi connectivity index (χ1v) is 9.30. The maximum absolute atomic E-state index is 13.4. The summed E-state index contributed by atoms with van der Waals surface area (Å²) in [5.74, 6) is -0.830. The van der Waals surface area contributed by atoms with Crippen molar-refractivity contribution in [2.24, 2.45) is 5.73 Å². The normalized spacial score (nSPS) is 19.6. The largest absolute Gasteiger partial charge is 0.383 e. The number of benzene rings is 2. The van der Waals surface area contributed by atoms with Gasteiger partial charge in [-0.3, -0.25) is 14.4 Å². The molecule has 2 aliphatic heterocycles. The number of carbonyl (C=O) groups is 1. The summed E-state index contributed by atoms with van der Waals surface area (Å²) in [5.41, 5.74) is 3.90. The predicted molar refractivity (Wildman–Crippen MR) is 110 cm³/mol. The predicted octanol–water partition coefficient (Wildman–Crippen LogP) is 1.13. The van der Waals surface area contributed by atoms with Gasteiger partial charge in [0, 0.05) is 14.8 Å². The third kappa shape index (κ3) is 1.71. The highest BCUT2D eigenvalue weighted by Gasteiger charge is 2.58. The monoisotopic (exact) mass is 483 g/mol. The van der Waals surface area contributed by atoms with Gasteiger partial charge in [0.1, 0.15) is 17.5 Å². The topological polar surface area (TPSA) is 123 Å². The molecule has 0 saturated heterocycles. The summed E-state index contributed by atoms with van der Waals surface area (Å²) in [6.45, 7) is 0. The number of halogens is 1. The van der Waals surface area contributed by atoms with Crippen LogP contribution in [0.15, 0.2) is 57.6 Å². The molecule has 8 nitrogen and oxygen atoms in total. The van der Waals surface area contributed by atoms with E-state index in [0.29, 0.717) is 11.3 Å². The smallest absolute Gasteiger partial charge is 0.279 e. The Morgan fingerprint density at radius 3 is 2.43 bits per heavy atom. The van der Waals surface area contributed by atoms with Crippen LogP contribution in [0.2, 0.25) is 0 Å². The van der Waals surface area contributed by atoms with Crippen LogP contribution in [0.1, 0.15) is 5.56 Å². The van der Waals surface area contributed by atoms with Crippen LogP contribution in [0.3, 0.4) is 0 Å². The van der Waals surface area contributed by atoms with Crippen molar-refractivity contribution in [3.8, 4) is 6.07 Å². The summed E-state index contributed by atoms with van der Waals surface area (Å²) < 4.78 is 2.82. The van der Waals surface area contributed by atoms with Gasteiger partial charge in [-0.15, -0.1) is 0 Å². The lowest BCUT2D eigenvalue weighted by molar-refractivity contribution is -0.120. The summed E-state index contributed by atoms with van der Waals surface area (Å²) in [5, 5.41) is 12.9. The number of rotatable bonds is 0. The van der Waals surface area contributed by atoms with Crippen LogP contribution in [-0.4, -0.2) is 15.3 Å². The molecule has 1 aromatic heterocycles. The van der Waals surface area contributed by atoms with Crippen molar-refractivity contribution in [1.29, 1.82) is 5.26 Å². The molecule has 0 radical (unpaired) electrons. The van der Waals surface area contributed by atoms with E-state index in [4.69, 9.17) is 5.73 Å². The van der Waals surface area contributed by atoms with E-state index in [1.807, 2.05) is 6.07 Å². The Kier molecular flexibility index (Phi) is 3.19. The molecule has 1 atom stereocenters. The SMILES string of the molecule is N#CC1=C(N)n2c(=O)c3ccccc3c(=O)n2C12C(=O)Nc1cc(I)ccc12. The van der Waals surface area contributed by atoms with Crippen LogP contribution in [-0.2, 0) is 10.3 Å². The molecule has 28 heavy (non-hydrogen) atoms. The number of nitrogens with one attached hydrogen (secondary N) is 1. The number of hydrogen-bond donors (Lipinski definition) is 2. The Labute approximate surface area is 170 Å². The molecule has 9 heteroatoms. The molecule has 2 aromatic carbocycles. The number of carbonyl (C=O) groups excluding carboxylic acids is 1. The second-order valence-electron chi connectivity index (χ2n) is 6.51. The second kappa shape index (κ2) is 5.32. The summed E-state index contributed by atoms with van der Waals surface area (Å²) >= 11 is 2.10. The first-order chi connectivity index (χ1) is 13.4. The highest BCUT2D eigenvalue weighted by molar-refractivity contribution is 14.1. The average Bonchev–Trinajstić information content (AvgIpc) is 3.11. The average molecular weight is 483 g/mol. The lowest BCUT2D eigenvalue weighted by Crippen LogP contribution is -2.50. The molecule has 1 spiro atoms. The molecule has 2 aliphatic rings. The summed E-state index contributed by atoms with van der Waals surface area (Å²) in [6, 6.07) is 13.4. The third-order valence-corrected chi connectivity index (χ3v) is 5.87. The van der Waals surface area contributed by atoms with Crippen LogP contribution in [0.25, 0.3) is 16.6 Å². The van der Waals surface area contributed by atoms with E-state index >= 15 is 0 Å². The molecule has 3 heterocycles. The van der Waals surface area contributed by atoms with Gasteiger partial charge in [-0.2, -0.15) is 9.94 Å². The van der Waals surface area contributed by atoms with Crippen molar-refractivity contribution in [2.75, 3.05) is 5.32 Å². The Hall–Kier alpha value is -3.39. The number of nitriles is 1. The van der Waals surface area contributed by atoms with Crippen molar-refractivity contribution in [3.63, 3.8) is 0 Å². The number of fused-ring (bicyclic) bond motifs is 5. The van der Waals surface area contributed by atoms with Crippen LogP contribution in [0.4, 0.5) is 5.69 Å². The molecule has 1 amide bonds. The van der Waals surface area contributed by atoms with Crippen LogP contribution in [0.5, 0.6) is 0 Å². The van der Waals surface area contributed by atoms with Crippen molar-refractivity contribution in [2.45, 2.75) is 5.54 Å². The fourth-order valence-corrected chi connectivity index (χ4v) is 4.54. The fraction of sp³-hybridized carbons (Fsp3) is 0.0526. The molecule has 3 aromatic rings. The number of anilines is 1. The van der Waals surface area contributed by atoms with E-state index in [1.165, 1.54) is 12.1 Å². The van der Waals surface area contributed by atoms with Gasteiger partial charge < -0.3 is 11.1 Å². The van der Waals surface area contributed by atoms with Crippen molar-refractivity contribution in [1.82, 2.24) is 9.36 Å². The van der Waals surface area contributed by atoms with E-state index in [9.17, 15) is 19.6 Å². The first-order valence-electron chi connectivity index (χ1n) is 8.22. The van der Waals surface area contributed by atoms with E-state index < -0.39 is 22.6 Å². The fourth-order valence-electron chi connectivity index (χ4n) is 4.05. The zero-order chi connectivity index (χ0) is 19.8. The number of nitrogens with zero attached hydrogens (tertiary/aromatic N) is 3. The number of nitrogens with two attached hydrogens (primary N) is 1. The van der Waals surface area contributed by atoms with Gasteiger partial charge in [0.2, 0.25) is 5.54 Å². The molecular weight excluding hydrogens is 473 g/mol. The van der Waals surface area contributed by atoms with E-state index in [2.05, 4.69) is 27.9 Å². The maximum Gasteiger partial charge on any atom is 0.279 e. The van der Waals surface area contributed by atoms with Crippen molar-refractivity contribution >= 4 is 50.8 Å². The maximum atomic E-state index is 13.4. The van der Waals surface area contributed by atoms with Gasteiger partial charge in [-0.25, -0.2) is 4.68 Å². The summed E-state index contributed by atoms with van der Waals surface area (Å²) in [6.07, 6.45) is 0. The molecule has 0 bridgehead atoms. The molecule has 136 valence electrons. The highest BCUT2D eigenvalue weighted by atomic mass is 127. The Balaban J connectivity index is 2.06. The minimum absolute atomic E-state index is 0.153. The van der Waals surface area contributed by atoms with Gasteiger partial charge in [-0.05, 0) is 46.9 Å². The Morgan fingerprint density at radius 2 is 1.75 bits per heavy atom. The van der Waals surface area contributed by atoms with E-state index in [1.54, 1.807) is 30.3 Å². The lowest BCUT2D eigenvalue weighted by Gasteiger charge is -2.25. The Bertz CT molecular complexity index is 1440. The van der Waals surface area contributed by atoms with Gasteiger partial charge in [0.15, 0.2) is 0 Å². The standard InChI is InChI=1S/C19H10IN5O3/c20-9-5-6-12-14(7-9)23-18(28)19(12)13(8-21)15(22)24-16(26)10-3-1-2-4-11(10)17(27)25(19)24/h1-7H,22H2,(H,23,28). The molecule has 1 unspecified atom stereocenters. The molecule has 0 aliphatic carbocycles. The third-order valence-electron chi connectivity index (χ3n) is 5.20. The molecular formula is C19H10IN5O3. The minimum atomic E-state index is -1.82. The first kappa shape index (κ1) is 16.8. The van der Waals surface area contributed by atoms with Gasteiger partial charge in [0.25, 0.3) is 17.0 Å². The van der Waals surface area contributed by atoms with Crippen molar-refractivity contribution in [3.05, 3.63) is 77.9 Å². The quantitative estimate of drug-likeness (QED) is 0.465. The van der Waals surface area contributed by atoms with Gasteiger partial charge >= 0.3 is 0 Å². The van der Waals surface area contributed by atoms with Crippen molar-refractivity contribution < 1.29 is 4.79 Å². The Morgan fingerprint density at radius 1 is 1.07 bits per heavy atom. The highest BCUT2D eigenvalue weighted by Crippen LogP contribution is 2.47. The van der Waals surface area contributed by atoms with E-state index in [-0.39, 0.29) is 22.2 Å². The number of aromatic nitrogens is 2. The van der Waals surface area contributed by atoms with Crippen LogP contribution in [0, 0.1) is 14.9 Å². The molecule has 3 N–H and O–H groups in total. The number of hydrogen-bond acceptors (Lipinski definition) is 5. The molecule has 0 fully saturated rings. The zero-order valence-corrected chi connectivity index (χ0v) is 16.2.